The first kappa shape index (κ1) is 17.4. The lowest BCUT2D eigenvalue weighted by molar-refractivity contribution is 0.0452. The summed E-state index contributed by atoms with van der Waals surface area (Å²) in [5, 5.41) is 0.0784. The first-order chi connectivity index (χ1) is 11.5. The average Bonchev–Trinajstić information content (AvgIpc) is 2.95. The lowest BCUT2D eigenvalue weighted by Gasteiger charge is -2.07. The molecule has 0 fully saturated rings. The number of methoxy groups -OCH3 is 2. The zero-order valence-electron chi connectivity index (χ0n) is 12.9. The van der Waals surface area contributed by atoms with E-state index in [-0.39, 0.29) is 33.2 Å². The molecule has 0 amide bonds. The van der Waals surface area contributed by atoms with Crippen LogP contribution in [0.5, 0.6) is 0 Å². The van der Waals surface area contributed by atoms with Crippen molar-refractivity contribution in [2.75, 3.05) is 20.0 Å². The second-order valence-corrected chi connectivity index (χ2v) is 5.50. The minimum Gasteiger partial charge on any atom is -0.465 e. The smallest absolute Gasteiger partial charge is 0.348 e. The van der Waals surface area contributed by atoms with Crippen molar-refractivity contribution < 1.29 is 28.6 Å². The number of aromatic nitrogens is 1. The summed E-state index contributed by atoms with van der Waals surface area (Å²) in [6.07, 6.45) is 2.85. The summed E-state index contributed by atoms with van der Waals surface area (Å²) in [6, 6.07) is 3.11. The maximum absolute atomic E-state index is 12.0. The predicted octanol–water partition coefficient (Wildman–Crippen LogP) is 1.66. The highest BCUT2D eigenvalue weighted by Gasteiger charge is 2.28. The standard InChI is InChI=1S/C15H14N2O6S/c1-21-14(19)10-9(11(15(20)22-2)24-12(10)16)7-23-13(18)8-4-3-5-17-6-8/h3-6H,7,16H2,1-2H3. The summed E-state index contributed by atoms with van der Waals surface area (Å²) in [6.45, 7) is -0.337. The molecule has 0 spiro atoms. The normalized spacial score (nSPS) is 10.1. The van der Waals surface area contributed by atoms with Crippen molar-refractivity contribution in [1.82, 2.24) is 4.98 Å². The van der Waals surface area contributed by atoms with Crippen molar-refractivity contribution in [3.8, 4) is 0 Å². The molecule has 2 aromatic heterocycles. The Hall–Kier alpha value is -2.94. The largest absolute Gasteiger partial charge is 0.465 e. The van der Waals surface area contributed by atoms with Crippen LogP contribution in [0, 0.1) is 0 Å². The number of nitrogen functional groups attached to an aromatic ring is 1. The SMILES string of the molecule is COC(=O)c1sc(N)c(C(=O)OC)c1COC(=O)c1cccnc1. The Kier molecular flexibility index (Phi) is 5.48. The van der Waals surface area contributed by atoms with Gasteiger partial charge in [0.25, 0.3) is 0 Å². The van der Waals surface area contributed by atoms with Gasteiger partial charge < -0.3 is 19.9 Å². The van der Waals surface area contributed by atoms with Crippen LogP contribution >= 0.6 is 11.3 Å². The van der Waals surface area contributed by atoms with E-state index >= 15 is 0 Å². The van der Waals surface area contributed by atoms with Gasteiger partial charge in [0.2, 0.25) is 0 Å². The first-order valence-corrected chi connectivity index (χ1v) is 7.46. The zero-order chi connectivity index (χ0) is 17.7. The van der Waals surface area contributed by atoms with Crippen molar-refractivity contribution in [1.29, 1.82) is 0 Å². The van der Waals surface area contributed by atoms with Crippen LogP contribution in [0.25, 0.3) is 0 Å². The van der Waals surface area contributed by atoms with Gasteiger partial charge in [-0.05, 0) is 12.1 Å². The van der Waals surface area contributed by atoms with Crippen LogP contribution in [0.2, 0.25) is 0 Å². The van der Waals surface area contributed by atoms with Gasteiger partial charge >= 0.3 is 17.9 Å². The molecule has 2 heterocycles. The van der Waals surface area contributed by atoms with E-state index in [1.54, 1.807) is 6.07 Å². The number of hydrogen-bond donors (Lipinski definition) is 1. The van der Waals surface area contributed by atoms with Gasteiger partial charge in [-0.15, -0.1) is 11.3 Å². The highest BCUT2D eigenvalue weighted by molar-refractivity contribution is 7.18. The van der Waals surface area contributed by atoms with E-state index in [0.29, 0.717) is 0 Å². The second kappa shape index (κ2) is 7.55. The number of nitrogens with two attached hydrogens (primary N) is 1. The molecule has 0 bridgehead atoms. The molecular formula is C15H14N2O6S. The van der Waals surface area contributed by atoms with Crippen LogP contribution in [0.3, 0.4) is 0 Å². The number of pyridine rings is 1. The van der Waals surface area contributed by atoms with Crippen molar-refractivity contribution in [3.63, 3.8) is 0 Å². The fourth-order valence-electron chi connectivity index (χ4n) is 1.91. The highest BCUT2D eigenvalue weighted by atomic mass is 32.1. The van der Waals surface area contributed by atoms with Crippen molar-refractivity contribution in [2.24, 2.45) is 0 Å². The summed E-state index contributed by atoms with van der Waals surface area (Å²) < 4.78 is 14.5. The minimum absolute atomic E-state index is 0.0121. The van der Waals surface area contributed by atoms with Crippen LogP contribution < -0.4 is 5.73 Å². The third-order valence-electron chi connectivity index (χ3n) is 3.04. The minimum atomic E-state index is -0.730. The van der Waals surface area contributed by atoms with Gasteiger partial charge in [0.1, 0.15) is 22.0 Å². The van der Waals surface area contributed by atoms with Gasteiger partial charge in [-0.1, -0.05) is 0 Å². The Bertz CT molecular complexity index is 772. The van der Waals surface area contributed by atoms with Crippen molar-refractivity contribution in [2.45, 2.75) is 6.61 Å². The second-order valence-electron chi connectivity index (χ2n) is 4.45. The molecule has 0 radical (unpaired) electrons. The number of anilines is 1. The third-order valence-corrected chi connectivity index (χ3v) is 4.08. The molecule has 0 saturated carbocycles. The number of ether oxygens (including phenoxy) is 3. The maximum atomic E-state index is 12.0. The summed E-state index contributed by atoms with van der Waals surface area (Å²) in [5.74, 6) is -2.07. The number of carbonyl (C=O) groups excluding carboxylic acids is 3. The zero-order valence-corrected chi connectivity index (χ0v) is 13.7. The average molecular weight is 350 g/mol. The predicted molar refractivity (Wildman–Crippen MR) is 84.8 cm³/mol. The maximum Gasteiger partial charge on any atom is 0.348 e. The molecule has 2 N–H and O–H groups in total. The number of esters is 3. The molecule has 126 valence electrons. The Morgan fingerprint density at radius 1 is 1.17 bits per heavy atom. The van der Waals surface area contributed by atoms with Gasteiger partial charge in [0, 0.05) is 18.0 Å². The van der Waals surface area contributed by atoms with Gasteiger partial charge in [0.15, 0.2) is 0 Å². The van der Waals surface area contributed by atoms with E-state index in [0.717, 1.165) is 11.3 Å². The van der Waals surface area contributed by atoms with E-state index in [1.807, 2.05) is 0 Å². The molecular weight excluding hydrogens is 336 g/mol. The number of nitrogens with zero attached hydrogens (tertiary/aromatic N) is 1. The van der Waals surface area contributed by atoms with Crippen molar-refractivity contribution in [3.05, 3.63) is 46.1 Å². The molecule has 0 unspecified atom stereocenters. The Balaban J connectivity index is 2.32. The Morgan fingerprint density at radius 2 is 1.88 bits per heavy atom. The molecule has 24 heavy (non-hydrogen) atoms. The summed E-state index contributed by atoms with van der Waals surface area (Å²) in [5.41, 5.74) is 6.16. The molecule has 2 rings (SSSR count). The fraction of sp³-hybridized carbons (Fsp3) is 0.200. The van der Waals surface area contributed by atoms with Crippen LogP contribution in [-0.4, -0.2) is 37.1 Å². The van der Waals surface area contributed by atoms with Crippen LogP contribution in [-0.2, 0) is 20.8 Å². The molecule has 0 aromatic carbocycles. The van der Waals surface area contributed by atoms with E-state index in [1.165, 1.54) is 32.7 Å². The van der Waals surface area contributed by atoms with Gasteiger partial charge in [-0.3, -0.25) is 4.98 Å². The van der Waals surface area contributed by atoms with Crippen molar-refractivity contribution >= 4 is 34.2 Å². The molecule has 2 aromatic rings. The summed E-state index contributed by atoms with van der Waals surface area (Å²) in [7, 11) is 2.38. The molecule has 9 heteroatoms. The molecule has 0 aliphatic rings. The molecule has 0 saturated heterocycles. The van der Waals surface area contributed by atoms with Crippen LogP contribution in [0.4, 0.5) is 5.00 Å². The fourth-order valence-corrected chi connectivity index (χ4v) is 2.89. The first-order valence-electron chi connectivity index (χ1n) is 6.64. The Labute approximate surface area is 141 Å². The lowest BCUT2D eigenvalue weighted by Crippen LogP contribution is -2.12. The number of carbonyl (C=O) groups is 3. The van der Waals surface area contributed by atoms with Crippen LogP contribution in [0.15, 0.2) is 24.5 Å². The number of rotatable bonds is 5. The number of hydrogen-bond acceptors (Lipinski definition) is 9. The molecule has 0 aliphatic carbocycles. The van der Waals surface area contributed by atoms with E-state index in [4.69, 9.17) is 10.5 Å². The van der Waals surface area contributed by atoms with Gasteiger partial charge in [0.05, 0.1) is 19.8 Å². The quantitative estimate of drug-likeness (QED) is 0.639. The topological polar surface area (TPSA) is 118 Å². The monoisotopic (exact) mass is 350 g/mol. The van der Waals surface area contributed by atoms with Crippen LogP contribution in [0.1, 0.15) is 36.0 Å². The molecule has 0 aliphatic heterocycles. The van der Waals surface area contributed by atoms with E-state index in [2.05, 4.69) is 14.5 Å². The summed E-state index contributed by atoms with van der Waals surface area (Å²) in [4.78, 5) is 39.6. The molecule has 8 nitrogen and oxygen atoms in total. The third kappa shape index (κ3) is 3.51. The Morgan fingerprint density at radius 3 is 2.46 bits per heavy atom. The number of thiophene rings is 1. The molecule has 0 atom stereocenters. The lowest BCUT2D eigenvalue weighted by atomic mass is 10.1. The van der Waals surface area contributed by atoms with E-state index in [9.17, 15) is 14.4 Å². The van der Waals surface area contributed by atoms with Gasteiger partial charge in [-0.2, -0.15) is 0 Å². The van der Waals surface area contributed by atoms with E-state index < -0.39 is 17.9 Å². The van der Waals surface area contributed by atoms with Gasteiger partial charge in [-0.25, -0.2) is 14.4 Å². The summed E-state index contributed by atoms with van der Waals surface area (Å²) >= 11 is 0.864. The highest BCUT2D eigenvalue weighted by Crippen LogP contribution is 2.33.